The third kappa shape index (κ3) is 4.60. The highest BCUT2D eigenvalue weighted by atomic mass is 32.1. The van der Waals surface area contributed by atoms with Crippen molar-refractivity contribution in [2.75, 3.05) is 12.0 Å². The van der Waals surface area contributed by atoms with Crippen molar-refractivity contribution in [1.29, 1.82) is 0 Å². The van der Waals surface area contributed by atoms with Gasteiger partial charge in [-0.15, -0.1) is 0 Å². The van der Waals surface area contributed by atoms with Gasteiger partial charge in [-0.1, -0.05) is 6.92 Å². The molecule has 3 N–H and O–H groups in total. The molecular weight excluding hydrogens is 213 g/mol. The second-order valence-electron chi connectivity index (χ2n) is 3.01. The van der Waals surface area contributed by atoms with Gasteiger partial charge in [0.25, 0.3) is 0 Å². The number of anilines is 1. The van der Waals surface area contributed by atoms with Crippen molar-refractivity contribution in [1.82, 2.24) is 10.7 Å². The lowest BCUT2D eigenvalue weighted by molar-refractivity contribution is 0.628. The summed E-state index contributed by atoms with van der Waals surface area (Å²) in [5.74, 6) is -0.257. The maximum atomic E-state index is 12.6. The van der Waals surface area contributed by atoms with Crippen molar-refractivity contribution in [2.45, 2.75) is 13.3 Å². The molecule has 0 aliphatic carbocycles. The van der Waals surface area contributed by atoms with Crippen LogP contribution in [0.15, 0.2) is 24.3 Å². The third-order valence-electron chi connectivity index (χ3n) is 1.70. The van der Waals surface area contributed by atoms with Crippen molar-refractivity contribution in [2.24, 2.45) is 0 Å². The fourth-order valence-corrected chi connectivity index (χ4v) is 1.10. The normalized spacial score (nSPS) is 9.47. The first kappa shape index (κ1) is 11.7. The fraction of sp³-hybridized carbons (Fsp3) is 0.300. The van der Waals surface area contributed by atoms with Crippen molar-refractivity contribution < 1.29 is 4.39 Å². The zero-order chi connectivity index (χ0) is 11.1. The van der Waals surface area contributed by atoms with Crippen LogP contribution in [-0.2, 0) is 0 Å². The molecular formula is C10H14FN3S. The van der Waals surface area contributed by atoms with Gasteiger partial charge in [0, 0.05) is 6.54 Å². The van der Waals surface area contributed by atoms with Gasteiger partial charge in [-0.2, -0.15) is 0 Å². The Labute approximate surface area is 94.0 Å². The van der Waals surface area contributed by atoms with E-state index < -0.39 is 0 Å². The van der Waals surface area contributed by atoms with E-state index in [9.17, 15) is 4.39 Å². The molecule has 1 aromatic rings. The molecule has 0 bridgehead atoms. The number of hydrazine groups is 1. The minimum atomic E-state index is -0.257. The van der Waals surface area contributed by atoms with Crippen LogP contribution >= 0.6 is 12.2 Å². The Hall–Kier alpha value is -1.36. The Morgan fingerprint density at radius 3 is 2.60 bits per heavy atom. The van der Waals surface area contributed by atoms with Gasteiger partial charge >= 0.3 is 0 Å². The molecule has 0 radical (unpaired) electrons. The van der Waals surface area contributed by atoms with Crippen LogP contribution in [0.1, 0.15) is 13.3 Å². The van der Waals surface area contributed by atoms with Crippen molar-refractivity contribution in [3.05, 3.63) is 30.1 Å². The maximum Gasteiger partial charge on any atom is 0.185 e. The summed E-state index contributed by atoms with van der Waals surface area (Å²) >= 11 is 4.99. The number of hydrogen-bond acceptors (Lipinski definition) is 2. The summed E-state index contributed by atoms with van der Waals surface area (Å²) in [5.41, 5.74) is 6.42. The highest BCUT2D eigenvalue weighted by Crippen LogP contribution is 2.06. The smallest absolute Gasteiger partial charge is 0.185 e. The standard InChI is InChI=1S/C10H14FN3S/c1-2-7-12-10(15)14-13-9-5-3-8(11)4-6-9/h3-6,13H,2,7H2,1H3,(H2,12,14,15). The van der Waals surface area contributed by atoms with E-state index in [1.807, 2.05) is 0 Å². The Morgan fingerprint density at radius 2 is 2.00 bits per heavy atom. The Balaban J connectivity index is 2.30. The molecule has 0 heterocycles. The number of rotatable bonds is 4. The summed E-state index contributed by atoms with van der Waals surface area (Å²) in [6.07, 6.45) is 1.01. The molecule has 0 amide bonds. The van der Waals surface area contributed by atoms with E-state index in [1.54, 1.807) is 12.1 Å². The van der Waals surface area contributed by atoms with Gasteiger partial charge in [0.05, 0.1) is 5.69 Å². The van der Waals surface area contributed by atoms with Crippen LogP contribution in [-0.4, -0.2) is 11.7 Å². The van der Waals surface area contributed by atoms with Crippen LogP contribution in [0.4, 0.5) is 10.1 Å². The van der Waals surface area contributed by atoms with Crippen LogP contribution in [0.5, 0.6) is 0 Å². The second-order valence-corrected chi connectivity index (χ2v) is 3.42. The van der Waals surface area contributed by atoms with Crippen LogP contribution in [0.25, 0.3) is 0 Å². The third-order valence-corrected chi connectivity index (χ3v) is 1.95. The molecule has 15 heavy (non-hydrogen) atoms. The quantitative estimate of drug-likeness (QED) is 0.543. The first-order chi connectivity index (χ1) is 7.22. The molecule has 0 aromatic heterocycles. The van der Waals surface area contributed by atoms with E-state index in [0.717, 1.165) is 18.7 Å². The average molecular weight is 227 g/mol. The average Bonchev–Trinajstić information content (AvgIpc) is 2.25. The molecule has 1 rings (SSSR count). The number of benzene rings is 1. The molecule has 0 aliphatic heterocycles. The number of hydrogen-bond donors (Lipinski definition) is 3. The number of halogens is 1. The zero-order valence-electron chi connectivity index (χ0n) is 8.51. The zero-order valence-corrected chi connectivity index (χ0v) is 9.33. The van der Waals surface area contributed by atoms with Crippen LogP contribution in [0, 0.1) is 5.82 Å². The maximum absolute atomic E-state index is 12.6. The molecule has 0 spiro atoms. The van der Waals surface area contributed by atoms with E-state index >= 15 is 0 Å². The molecule has 0 aliphatic rings. The minimum Gasteiger partial charge on any atom is -0.361 e. The summed E-state index contributed by atoms with van der Waals surface area (Å²) in [6.45, 7) is 2.89. The van der Waals surface area contributed by atoms with Crippen LogP contribution in [0.3, 0.4) is 0 Å². The summed E-state index contributed by atoms with van der Waals surface area (Å²) in [4.78, 5) is 0. The summed E-state index contributed by atoms with van der Waals surface area (Å²) < 4.78 is 12.6. The highest BCUT2D eigenvalue weighted by Gasteiger charge is 1.94. The van der Waals surface area contributed by atoms with Crippen LogP contribution < -0.4 is 16.2 Å². The summed E-state index contributed by atoms with van der Waals surface area (Å²) in [5, 5.41) is 3.53. The Morgan fingerprint density at radius 1 is 1.33 bits per heavy atom. The Kier molecular flexibility index (Phi) is 4.83. The molecule has 1 aromatic carbocycles. The van der Waals surface area contributed by atoms with Gasteiger partial charge in [0.2, 0.25) is 0 Å². The lowest BCUT2D eigenvalue weighted by Crippen LogP contribution is -2.39. The lowest BCUT2D eigenvalue weighted by Gasteiger charge is -2.11. The van der Waals surface area contributed by atoms with E-state index in [1.165, 1.54) is 12.1 Å². The molecule has 0 saturated carbocycles. The molecule has 0 atom stereocenters. The molecule has 0 saturated heterocycles. The number of nitrogens with one attached hydrogen (secondary N) is 3. The van der Waals surface area contributed by atoms with Crippen molar-refractivity contribution in [3.8, 4) is 0 Å². The van der Waals surface area contributed by atoms with E-state index in [-0.39, 0.29) is 5.82 Å². The Bertz CT molecular complexity index is 313. The van der Waals surface area contributed by atoms with Gasteiger partial charge in [-0.3, -0.25) is 10.9 Å². The lowest BCUT2D eigenvalue weighted by atomic mass is 10.3. The highest BCUT2D eigenvalue weighted by molar-refractivity contribution is 7.80. The van der Waals surface area contributed by atoms with Gasteiger partial charge in [0.1, 0.15) is 5.82 Å². The van der Waals surface area contributed by atoms with Gasteiger partial charge in [-0.05, 0) is 42.9 Å². The largest absolute Gasteiger partial charge is 0.361 e. The first-order valence-corrected chi connectivity index (χ1v) is 5.18. The van der Waals surface area contributed by atoms with Crippen molar-refractivity contribution >= 4 is 23.0 Å². The van der Waals surface area contributed by atoms with E-state index in [2.05, 4.69) is 23.1 Å². The second kappa shape index (κ2) is 6.19. The molecule has 0 fully saturated rings. The molecule has 82 valence electrons. The van der Waals surface area contributed by atoms with Gasteiger partial charge in [0.15, 0.2) is 5.11 Å². The first-order valence-electron chi connectivity index (χ1n) is 4.78. The minimum absolute atomic E-state index is 0.257. The van der Waals surface area contributed by atoms with Gasteiger partial charge in [-0.25, -0.2) is 4.39 Å². The number of thiocarbonyl (C=S) groups is 1. The van der Waals surface area contributed by atoms with Crippen molar-refractivity contribution in [3.63, 3.8) is 0 Å². The molecule has 5 heteroatoms. The topological polar surface area (TPSA) is 36.1 Å². The fourth-order valence-electron chi connectivity index (χ4n) is 0.945. The summed E-state index contributed by atoms with van der Waals surface area (Å²) in [7, 11) is 0. The van der Waals surface area contributed by atoms with E-state index in [0.29, 0.717) is 5.11 Å². The van der Waals surface area contributed by atoms with E-state index in [4.69, 9.17) is 12.2 Å². The predicted molar refractivity (Wildman–Crippen MR) is 64.1 cm³/mol. The monoisotopic (exact) mass is 227 g/mol. The molecule has 0 unspecified atom stereocenters. The SMILES string of the molecule is CCCNC(=S)NNc1ccc(F)cc1. The molecule has 3 nitrogen and oxygen atoms in total. The van der Waals surface area contributed by atoms with Crippen LogP contribution in [0.2, 0.25) is 0 Å². The predicted octanol–water partition coefficient (Wildman–Crippen LogP) is 2.03. The van der Waals surface area contributed by atoms with Gasteiger partial charge < -0.3 is 5.32 Å². The summed E-state index contributed by atoms with van der Waals surface area (Å²) in [6, 6.07) is 6.02.